The van der Waals surface area contributed by atoms with Gasteiger partial charge in [-0.2, -0.15) is 4.31 Å². The summed E-state index contributed by atoms with van der Waals surface area (Å²) in [6, 6.07) is 8.43. The zero-order chi connectivity index (χ0) is 31.2. The van der Waals surface area contributed by atoms with Crippen molar-refractivity contribution in [3.8, 4) is 5.75 Å². The van der Waals surface area contributed by atoms with Crippen molar-refractivity contribution < 1.29 is 41.0 Å². The number of alkyl halides is 3. The minimum absolute atomic E-state index is 0.0185. The summed E-state index contributed by atoms with van der Waals surface area (Å²) in [7, 11) is -3.86. The van der Waals surface area contributed by atoms with Gasteiger partial charge in [0.1, 0.15) is 17.1 Å². The van der Waals surface area contributed by atoms with Gasteiger partial charge in [0, 0.05) is 36.2 Å². The number of benzene rings is 2. The molecule has 1 atom stereocenters. The van der Waals surface area contributed by atoms with Crippen LogP contribution in [0.25, 0.3) is 6.08 Å². The van der Waals surface area contributed by atoms with Crippen LogP contribution in [0.4, 0.5) is 18.9 Å². The predicted octanol–water partition coefficient (Wildman–Crippen LogP) is 3.40. The Kier molecular flexibility index (Phi) is 8.13. The van der Waals surface area contributed by atoms with E-state index < -0.39 is 33.6 Å². The van der Waals surface area contributed by atoms with Gasteiger partial charge in [0.2, 0.25) is 15.9 Å². The highest BCUT2D eigenvalue weighted by Gasteiger charge is 2.47. The van der Waals surface area contributed by atoms with E-state index in [-0.39, 0.29) is 55.9 Å². The number of rotatable bonds is 7. The molecule has 0 aromatic heterocycles. The number of aryl methyl sites for hydroxylation is 2. The second kappa shape index (κ2) is 11.4. The lowest BCUT2D eigenvalue weighted by Gasteiger charge is -2.34. The second-order valence-electron chi connectivity index (χ2n) is 10.9. The Balaban J connectivity index is 1.28. The lowest BCUT2D eigenvalue weighted by atomic mass is 9.89. The molecule has 0 saturated carbocycles. The van der Waals surface area contributed by atoms with E-state index in [9.17, 15) is 36.3 Å². The quantitative estimate of drug-likeness (QED) is 0.489. The van der Waals surface area contributed by atoms with Crippen LogP contribution in [-0.2, 0) is 19.6 Å². The molecule has 3 heterocycles. The average Bonchev–Trinajstić information content (AvgIpc) is 3.46. The topological polar surface area (TPSA) is 129 Å². The smallest absolute Gasteiger partial charge is 0.406 e. The molecular formula is C29H31F3N4O6S. The molecule has 1 spiro atoms. The maximum atomic E-state index is 13.2. The third-order valence-corrected chi connectivity index (χ3v) is 9.60. The SMILES string of the molecule is Cc1cc(N2C(=O)CCC2CO)cc(C)c1C=CS(=O)(=O)N1CCC2(CC1)N=C(c1cccc(OC(F)(F)F)c1)NC2=O. The fraction of sp³-hybridized carbons (Fsp3) is 0.414. The van der Waals surface area contributed by atoms with Gasteiger partial charge in [-0.1, -0.05) is 12.1 Å². The largest absolute Gasteiger partial charge is 0.573 e. The lowest BCUT2D eigenvalue weighted by Crippen LogP contribution is -2.50. The van der Waals surface area contributed by atoms with Crippen LogP contribution in [0.2, 0.25) is 0 Å². The number of carbonyl (C=O) groups is 2. The van der Waals surface area contributed by atoms with Gasteiger partial charge in [-0.15, -0.1) is 13.2 Å². The molecule has 14 heteroatoms. The summed E-state index contributed by atoms with van der Waals surface area (Å²) in [5.41, 5.74) is 1.90. The van der Waals surface area contributed by atoms with Gasteiger partial charge in [-0.3, -0.25) is 14.6 Å². The summed E-state index contributed by atoms with van der Waals surface area (Å²) in [4.78, 5) is 31.4. The number of anilines is 1. The maximum Gasteiger partial charge on any atom is 0.573 e. The molecule has 43 heavy (non-hydrogen) atoms. The number of nitrogens with one attached hydrogen (secondary N) is 1. The number of aliphatic hydroxyl groups is 1. The van der Waals surface area contributed by atoms with Crippen LogP contribution in [0.1, 0.15) is 47.9 Å². The van der Waals surface area contributed by atoms with E-state index in [0.717, 1.165) is 28.7 Å². The number of piperidine rings is 1. The first-order chi connectivity index (χ1) is 20.2. The number of sulfonamides is 1. The number of aliphatic hydroxyl groups excluding tert-OH is 1. The zero-order valence-corrected chi connectivity index (χ0v) is 24.3. The molecule has 3 aliphatic heterocycles. The lowest BCUT2D eigenvalue weighted by molar-refractivity contribution is -0.274. The summed E-state index contributed by atoms with van der Waals surface area (Å²) in [5, 5.41) is 13.4. The van der Waals surface area contributed by atoms with E-state index in [0.29, 0.717) is 24.1 Å². The molecule has 1 unspecified atom stereocenters. The summed E-state index contributed by atoms with van der Waals surface area (Å²) in [6.07, 6.45) is -2.24. The van der Waals surface area contributed by atoms with Crippen LogP contribution in [-0.4, -0.2) is 73.1 Å². The zero-order valence-electron chi connectivity index (χ0n) is 23.5. The summed E-state index contributed by atoms with van der Waals surface area (Å²) in [6.45, 7) is 3.54. The maximum absolute atomic E-state index is 13.2. The number of nitrogens with zero attached hydrogens (tertiary/aromatic N) is 3. The number of halogens is 3. The molecule has 2 aromatic carbocycles. The van der Waals surface area contributed by atoms with Crippen molar-refractivity contribution in [1.29, 1.82) is 0 Å². The van der Waals surface area contributed by atoms with E-state index in [1.807, 2.05) is 13.8 Å². The van der Waals surface area contributed by atoms with E-state index in [1.54, 1.807) is 17.0 Å². The third kappa shape index (κ3) is 6.31. The van der Waals surface area contributed by atoms with Crippen molar-refractivity contribution in [3.05, 3.63) is 64.1 Å². The van der Waals surface area contributed by atoms with Gasteiger partial charge in [0.25, 0.3) is 5.91 Å². The Bertz CT molecular complexity index is 1590. The van der Waals surface area contributed by atoms with Crippen molar-refractivity contribution in [2.45, 2.75) is 57.5 Å². The van der Waals surface area contributed by atoms with Crippen LogP contribution in [0.15, 0.2) is 46.8 Å². The summed E-state index contributed by atoms with van der Waals surface area (Å²) >= 11 is 0. The predicted molar refractivity (Wildman–Crippen MR) is 153 cm³/mol. The normalized spacial score (nSPS) is 21.1. The molecule has 10 nitrogen and oxygen atoms in total. The van der Waals surface area contributed by atoms with Crippen LogP contribution in [0, 0.1) is 13.8 Å². The Morgan fingerprint density at radius 2 is 1.81 bits per heavy atom. The molecule has 2 aromatic rings. The van der Waals surface area contributed by atoms with Crippen LogP contribution in [0.5, 0.6) is 5.75 Å². The minimum Gasteiger partial charge on any atom is -0.406 e. The van der Waals surface area contributed by atoms with Gasteiger partial charge in [0.15, 0.2) is 0 Å². The Morgan fingerprint density at radius 3 is 2.44 bits per heavy atom. The third-order valence-electron chi connectivity index (χ3n) is 8.03. The summed E-state index contributed by atoms with van der Waals surface area (Å²) < 4.78 is 69.6. The number of carbonyl (C=O) groups excluding carboxylic acids is 2. The Morgan fingerprint density at radius 1 is 1.14 bits per heavy atom. The second-order valence-corrected chi connectivity index (χ2v) is 12.7. The molecule has 2 N–H and O–H groups in total. The first kappa shape index (κ1) is 30.7. The van der Waals surface area contributed by atoms with Crippen molar-refractivity contribution in [2.24, 2.45) is 4.99 Å². The number of hydrogen-bond acceptors (Lipinski definition) is 7. The number of amidine groups is 1. The molecule has 2 saturated heterocycles. The van der Waals surface area contributed by atoms with Gasteiger partial charge in [-0.05, 0) is 80.1 Å². The van der Waals surface area contributed by atoms with E-state index >= 15 is 0 Å². The summed E-state index contributed by atoms with van der Waals surface area (Å²) in [5.74, 6) is -0.856. The van der Waals surface area contributed by atoms with E-state index in [2.05, 4.69) is 15.0 Å². The molecule has 0 bridgehead atoms. The van der Waals surface area contributed by atoms with E-state index in [1.165, 1.54) is 22.5 Å². The molecule has 2 fully saturated rings. The van der Waals surface area contributed by atoms with E-state index in [4.69, 9.17) is 0 Å². The average molecular weight is 621 g/mol. The standard InChI is InChI=1S/C29H31F3N4O6S/c1-18-14-22(36-21(17-37)6-7-25(36)38)15-19(2)24(18)8-13-43(40,41)35-11-9-28(10-12-35)27(39)33-26(34-28)20-4-3-5-23(16-20)42-29(30,31)32/h3-5,8,13-16,21,37H,6-7,9-12,17H2,1-2H3,(H,33,34,39). The molecular weight excluding hydrogens is 589 g/mol. The van der Waals surface area contributed by atoms with Gasteiger partial charge in [-0.25, -0.2) is 8.42 Å². The molecule has 0 aliphatic carbocycles. The number of amides is 2. The fourth-order valence-corrected chi connectivity index (χ4v) is 6.98. The highest BCUT2D eigenvalue weighted by atomic mass is 32.2. The molecule has 3 aliphatic rings. The molecule has 2 amide bonds. The first-order valence-corrected chi connectivity index (χ1v) is 15.2. The van der Waals surface area contributed by atoms with Gasteiger partial charge in [0.05, 0.1) is 12.6 Å². The minimum atomic E-state index is -4.87. The van der Waals surface area contributed by atoms with Crippen LogP contribution >= 0.6 is 0 Å². The van der Waals surface area contributed by atoms with Crippen molar-refractivity contribution >= 4 is 39.4 Å². The van der Waals surface area contributed by atoms with Crippen molar-refractivity contribution in [1.82, 2.24) is 9.62 Å². The highest BCUT2D eigenvalue weighted by Crippen LogP contribution is 2.34. The van der Waals surface area contributed by atoms with Crippen molar-refractivity contribution in [2.75, 3.05) is 24.6 Å². The fourth-order valence-electron chi connectivity index (χ4n) is 5.81. The Labute approximate surface area is 246 Å². The first-order valence-electron chi connectivity index (χ1n) is 13.7. The number of ether oxygens (including phenoxy) is 1. The van der Waals surface area contributed by atoms with Crippen molar-refractivity contribution in [3.63, 3.8) is 0 Å². The molecule has 5 rings (SSSR count). The monoisotopic (exact) mass is 620 g/mol. The molecule has 230 valence electrons. The highest BCUT2D eigenvalue weighted by molar-refractivity contribution is 7.92. The van der Waals surface area contributed by atoms with Crippen LogP contribution < -0.4 is 15.0 Å². The number of aliphatic imine (C=N–C) groups is 1. The number of hydrogen-bond donors (Lipinski definition) is 2. The van der Waals surface area contributed by atoms with Gasteiger partial charge >= 0.3 is 6.36 Å². The molecule has 0 radical (unpaired) electrons. The Hall–Kier alpha value is -3.75. The van der Waals surface area contributed by atoms with Crippen LogP contribution in [0.3, 0.4) is 0 Å². The van der Waals surface area contributed by atoms with Gasteiger partial charge < -0.3 is 20.1 Å².